The minimum absolute atomic E-state index is 0.711. The van der Waals surface area contributed by atoms with Crippen LogP contribution in [0.25, 0.3) is 0 Å². The Labute approximate surface area is 72.0 Å². The van der Waals surface area contributed by atoms with E-state index < -0.39 is 0 Å². The van der Waals surface area contributed by atoms with Gasteiger partial charge < -0.3 is 5.32 Å². The summed E-state index contributed by atoms with van der Waals surface area (Å²) in [4.78, 5) is 4.13. The van der Waals surface area contributed by atoms with Gasteiger partial charge in [-0.2, -0.15) is 0 Å². The minimum atomic E-state index is 0.711. The number of fused-ring (bicyclic) bond motifs is 1. The van der Waals surface area contributed by atoms with Gasteiger partial charge in [0.15, 0.2) is 0 Å². The number of rotatable bonds is 0. The summed E-state index contributed by atoms with van der Waals surface area (Å²) >= 11 is 0. The Morgan fingerprint density at radius 1 is 1.58 bits per heavy atom. The van der Waals surface area contributed by atoms with Crippen LogP contribution < -0.4 is 5.32 Å². The molecule has 0 aromatic carbocycles. The standard InChI is InChI=1S/C10H10N2/c1-2-9-6-10-8(7-12-9)4-3-5-11-10/h1,6-7,11H,3-5H2. The summed E-state index contributed by atoms with van der Waals surface area (Å²) in [5.74, 6) is 2.53. The highest BCUT2D eigenvalue weighted by molar-refractivity contribution is 5.54. The smallest absolute Gasteiger partial charge is 0.114 e. The number of aryl methyl sites for hydroxylation is 1. The molecule has 2 rings (SSSR count). The lowest BCUT2D eigenvalue weighted by molar-refractivity contribution is 0.824. The lowest BCUT2D eigenvalue weighted by Gasteiger charge is -2.16. The molecule has 0 fully saturated rings. The van der Waals surface area contributed by atoms with E-state index in [0.29, 0.717) is 5.69 Å². The lowest BCUT2D eigenvalue weighted by atomic mass is 10.1. The van der Waals surface area contributed by atoms with E-state index in [1.54, 1.807) is 0 Å². The molecule has 1 aliphatic heterocycles. The molecule has 0 radical (unpaired) electrons. The third-order valence-electron chi connectivity index (χ3n) is 2.07. The van der Waals surface area contributed by atoms with E-state index in [-0.39, 0.29) is 0 Å². The van der Waals surface area contributed by atoms with Crippen LogP contribution in [0, 0.1) is 12.3 Å². The molecule has 0 saturated carbocycles. The summed E-state index contributed by atoms with van der Waals surface area (Å²) in [6, 6.07) is 1.94. The molecule has 0 amide bonds. The molecule has 0 atom stereocenters. The molecule has 0 aliphatic carbocycles. The Kier molecular flexibility index (Phi) is 1.71. The van der Waals surface area contributed by atoms with Crippen LogP contribution in [-0.2, 0) is 6.42 Å². The second kappa shape index (κ2) is 2.86. The summed E-state index contributed by atoms with van der Waals surface area (Å²) in [6.07, 6.45) is 9.41. The van der Waals surface area contributed by atoms with Gasteiger partial charge in [-0.05, 0) is 24.5 Å². The van der Waals surface area contributed by atoms with Gasteiger partial charge in [0.1, 0.15) is 5.69 Å². The molecule has 1 aromatic rings. The van der Waals surface area contributed by atoms with Crippen LogP contribution in [0.2, 0.25) is 0 Å². The first kappa shape index (κ1) is 7.17. The van der Waals surface area contributed by atoms with Crippen molar-refractivity contribution in [3.63, 3.8) is 0 Å². The van der Waals surface area contributed by atoms with E-state index in [4.69, 9.17) is 6.42 Å². The van der Waals surface area contributed by atoms with E-state index in [0.717, 1.165) is 18.7 Å². The molecule has 2 heterocycles. The molecule has 0 bridgehead atoms. The highest BCUT2D eigenvalue weighted by atomic mass is 14.9. The predicted molar refractivity (Wildman–Crippen MR) is 49.0 cm³/mol. The zero-order valence-electron chi connectivity index (χ0n) is 6.80. The summed E-state index contributed by atoms with van der Waals surface area (Å²) in [5.41, 5.74) is 3.15. The maximum atomic E-state index is 5.24. The van der Waals surface area contributed by atoms with Crippen molar-refractivity contribution in [1.82, 2.24) is 4.98 Å². The Morgan fingerprint density at radius 3 is 3.33 bits per heavy atom. The van der Waals surface area contributed by atoms with Crippen LogP contribution >= 0.6 is 0 Å². The van der Waals surface area contributed by atoms with E-state index in [9.17, 15) is 0 Å². The molecular formula is C10H10N2. The van der Waals surface area contributed by atoms with Crippen molar-refractivity contribution >= 4 is 5.69 Å². The number of pyridine rings is 1. The first-order chi connectivity index (χ1) is 5.90. The fraction of sp³-hybridized carbons (Fsp3) is 0.300. The zero-order chi connectivity index (χ0) is 8.39. The van der Waals surface area contributed by atoms with Gasteiger partial charge in [-0.1, -0.05) is 5.92 Å². The Balaban J connectivity index is 2.44. The molecule has 0 saturated heterocycles. The molecule has 0 unspecified atom stereocenters. The van der Waals surface area contributed by atoms with Crippen molar-refractivity contribution < 1.29 is 0 Å². The number of terminal acetylenes is 1. The molecular weight excluding hydrogens is 148 g/mol. The Bertz CT molecular complexity index is 336. The van der Waals surface area contributed by atoms with Crippen LogP contribution in [0.15, 0.2) is 12.3 Å². The normalized spacial score (nSPS) is 14.2. The summed E-state index contributed by atoms with van der Waals surface area (Å²) in [6.45, 7) is 1.04. The topological polar surface area (TPSA) is 24.9 Å². The molecule has 0 spiro atoms. The van der Waals surface area contributed by atoms with Gasteiger partial charge in [0.05, 0.1) is 0 Å². The number of nitrogens with zero attached hydrogens (tertiary/aromatic N) is 1. The molecule has 2 nitrogen and oxygen atoms in total. The van der Waals surface area contributed by atoms with Gasteiger partial charge in [0.25, 0.3) is 0 Å². The van der Waals surface area contributed by atoms with Gasteiger partial charge in [-0.3, -0.25) is 0 Å². The number of anilines is 1. The second-order valence-corrected chi connectivity index (χ2v) is 2.90. The SMILES string of the molecule is C#Cc1cc2c(cn1)CCCN2. The average molecular weight is 158 g/mol. The van der Waals surface area contributed by atoms with E-state index in [1.807, 2.05) is 12.3 Å². The van der Waals surface area contributed by atoms with Crippen molar-refractivity contribution in [3.8, 4) is 12.3 Å². The van der Waals surface area contributed by atoms with Gasteiger partial charge in [0, 0.05) is 18.4 Å². The molecule has 1 N–H and O–H groups in total. The quantitative estimate of drug-likeness (QED) is 0.577. The van der Waals surface area contributed by atoms with Gasteiger partial charge in [-0.25, -0.2) is 4.98 Å². The molecule has 12 heavy (non-hydrogen) atoms. The van der Waals surface area contributed by atoms with Crippen LogP contribution in [0.3, 0.4) is 0 Å². The third kappa shape index (κ3) is 1.14. The van der Waals surface area contributed by atoms with Gasteiger partial charge in [0.2, 0.25) is 0 Å². The number of aromatic nitrogens is 1. The van der Waals surface area contributed by atoms with Crippen LogP contribution in [0.5, 0.6) is 0 Å². The maximum Gasteiger partial charge on any atom is 0.114 e. The monoisotopic (exact) mass is 158 g/mol. The molecule has 1 aromatic heterocycles. The van der Waals surface area contributed by atoms with Crippen molar-refractivity contribution in [2.45, 2.75) is 12.8 Å². The average Bonchev–Trinajstić information content (AvgIpc) is 2.17. The van der Waals surface area contributed by atoms with E-state index in [1.165, 1.54) is 12.0 Å². The third-order valence-corrected chi connectivity index (χ3v) is 2.07. The number of hydrogen-bond acceptors (Lipinski definition) is 2. The zero-order valence-corrected chi connectivity index (χ0v) is 6.80. The van der Waals surface area contributed by atoms with Crippen LogP contribution in [-0.4, -0.2) is 11.5 Å². The first-order valence-corrected chi connectivity index (χ1v) is 4.09. The van der Waals surface area contributed by atoms with Crippen molar-refractivity contribution in [2.24, 2.45) is 0 Å². The Hall–Kier alpha value is -1.49. The van der Waals surface area contributed by atoms with Crippen molar-refractivity contribution in [3.05, 3.63) is 23.5 Å². The molecule has 1 aliphatic rings. The van der Waals surface area contributed by atoms with Crippen molar-refractivity contribution in [2.75, 3.05) is 11.9 Å². The second-order valence-electron chi connectivity index (χ2n) is 2.90. The largest absolute Gasteiger partial charge is 0.385 e. The summed E-state index contributed by atoms with van der Waals surface area (Å²) < 4.78 is 0. The predicted octanol–water partition coefficient (Wildman–Crippen LogP) is 1.42. The van der Waals surface area contributed by atoms with Crippen LogP contribution in [0.4, 0.5) is 5.69 Å². The first-order valence-electron chi connectivity index (χ1n) is 4.09. The summed E-state index contributed by atoms with van der Waals surface area (Å²) in [5, 5.41) is 3.30. The minimum Gasteiger partial charge on any atom is -0.385 e. The summed E-state index contributed by atoms with van der Waals surface area (Å²) in [7, 11) is 0. The van der Waals surface area contributed by atoms with Gasteiger partial charge >= 0.3 is 0 Å². The number of hydrogen-bond donors (Lipinski definition) is 1. The highest BCUT2D eigenvalue weighted by Crippen LogP contribution is 2.20. The molecule has 2 heteroatoms. The molecule has 60 valence electrons. The van der Waals surface area contributed by atoms with Gasteiger partial charge in [-0.15, -0.1) is 6.42 Å². The van der Waals surface area contributed by atoms with E-state index >= 15 is 0 Å². The maximum absolute atomic E-state index is 5.24. The van der Waals surface area contributed by atoms with Crippen molar-refractivity contribution in [1.29, 1.82) is 0 Å². The fourth-order valence-electron chi connectivity index (χ4n) is 1.43. The number of nitrogens with one attached hydrogen (secondary N) is 1. The van der Waals surface area contributed by atoms with E-state index in [2.05, 4.69) is 16.2 Å². The Morgan fingerprint density at radius 2 is 2.50 bits per heavy atom. The lowest BCUT2D eigenvalue weighted by Crippen LogP contribution is -2.12. The highest BCUT2D eigenvalue weighted by Gasteiger charge is 2.08. The fourth-order valence-corrected chi connectivity index (χ4v) is 1.43. The van der Waals surface area contributed by atoms with Crippen LogP contribution in [0.1, 0.15) is 17.7 Å².